The number of fused-ring (bicyclic) bond motifs is 1. The Balaban J connectivity index is 1.41. The summed E-state index contributed by atoms with van der Waals surface area (Å²) in [6, 6.07) is 8.54. The summed E-state index contributed by atoms with van der Waals surface area (Å²) in [5, 5.41) is 6.08. The smallest absolute Gasteiger partial charge is 0.409 e. The van der Waals surface area contributed by atoms with Crippen molar-refractivity contribution in [3.05, 3.63) is 35.4 Å². The molecule has 6 heteroatoms. The maximum Gasteiger partial charge on any atom is 0.409 e. The van der Waals surface area contributed by atoms with E-state index < -0.39 is 0 Å². The summed E-state index contributed by atoms with van der Waals surface area (Å²) in [4.78, 5) is 25.7. The van der Waals surface area contributed by atoms with Gasteiger partial charge < -0.3 is 20.3 Å². The molecule has 1 aliphatic heterocycles. The van der Waals surface area contributed by atoms with Crippen LogP contribution in [0, 0.1) is 0 Å². The molecule has 1 aliphatic carbocycles. The third kappa shape index (κ3) is 4.68. The minimum Gasteiger partial charge on any atom is -0.450 e. The number of aryl methyl sites for hydroxylation is 1. The summed E-state index contributed by atoms with van der Waals surface area (Å²) in [5.74, 6) is 0.399. The van der Waals surface area contributed by atoms with E-state index in [1.807, 2.05) is 0 Å². The molecule has 26 heavy (non-hydrogen) atoms. The summed E-state index contributed by atoms with van der Waals surface area (Å²) >= 11 is 0. The first-order valence-electron chi connectivity index (χ1n) is 9.71. The van der Waals surface area contributed by atoms with Crippen LogP contribution in [0.15, 0.2) is 24.3 Å². The number of nitrogens with one attached hydrogen (secondary N) is 2. The number of rotatable bonds is 4. The number of ether oxygens (including phenoxy) is 1. The van der Waals surface area contributed by atoms with Gasteiger partial charge in [-0.25, -0.2) is 9.59 Å². The van der Waals surface area contributed by atoms with Crippen LogP contribution in [0.25, 0.3) is 0 Å². The average molecular weight is 359 g/mol. The summed E-state index contributed by atoms with van der Waals surface area (Å²) in [5.41, 5.74) is 2.79. The Labute approximate surface area is 155 Å². The van der Waals surface area contributed by atoms with E-state index in [1.165, 1.54) is 17.5 Å². The van der Waals surface area contributed by atoms with Gasteiger partial charge in [-0.3, -0.25) is 0 Å². The molecule has 1 aromatic carbocycles. The number of carbonyl (C=O) groups is 2. The first-order valence-corrected chi connectivity index (χ1v) is 9.71. The molecule has 0 saturated carbocycles. The topological polar surface area (TPSA) is 70.7 Å². The van der Waals surface area contributed by atoms with Gasteiger partial charge in [0.15, 0.2) is 0 Å². The highest BCUT2D eigenvalue weighted by molar-refractivity contribution is 5.74. The van der Waals surface area contributed by atoms with Crippen LogP contribution in [0.5, 0.6) is 0 Å². The molecule has 3 amide bonds. The van der Waals surface area contributed by atoms with Gasteiger partial charge in [-0.05, 0) is 50.2 Å². The summed E-state index contributed by atoms with van der Waals surface area (Å²) in [7, 11) is 0. The Morgan fingerprint density at radius 1 is 1.19 bits per heavy atom. The number of urea groups is 1. The first-order chi connectivity index (χ1) is 12.7. The van der Waals surface area contributed by atoms with Crippen LogP contribution < -0.4 is 10.6 Å². The van der Waals surface area contributed by atoms with E-state index in [2.05, 4.69) is 34.9 Å². The Morgan fingerprint density at radius 3 is 2.73 bits per heavy atom. The van der Waals surface area contributed by atoms with Gasteiger partial charge in [-0.1, -0.05) is 24.3 Å². The predicted molar refractivity (Wildman–Crippen MR) is 100 cm³/mol. The average Bonchev–Trinajstić information content (AvgIpc) is 2.67. The number of amides is 3. The van der Waals surface area contributed by atoms with E-state index in [0.717, 1.165) is 25.7 Å². The van der Waals surface area contributed by atoms with E-state index in [0.29, 0.717) is 32.2 Å². The molecule has 0 aromatic heterocycles. The zero-order valence-electron chi connectivity index (χ0n) is 15.5. The maximum atomic E-state index is 12.3. The lowest BCUT2D eigenvalue weighted by Gasteiger charge is -2.32. The molecule has 0 spiro atoms. The molecule has 3 rings (SSSR count). The molecule has 142 valence electrons. The molecule has 1 fully saturated rings. The highest BCUT2D eigenvalue weighted by Gasteiger charge is 2.25. The summed E-state index contributed by atoms with van der Waals surface area (Å²) < 4.78 is 5.02. The van der Waals surface area contributed by atoms with Crippen LogP contribution in [-0.2, 0) is 11.2 Å². The third-order valence-corrected chi connectivity index (χ3v) is 5.36. The van der Waals surface area contributed by atoms with E-state index in [9.17, 15) is 9.59 Å². The number of hydrogen-bond donors (Lipinski definition) is 2. The van der Waals surface area contributed by atoms with Crippen molar-refractivity contribution in [2.24, 2.45) is 0 Å². The fourth-order valence-electron chi connectivity index (χ4n) is 3.94. The largest absolute Gasteiger partial charge is 0.450 e. The summed E-state index contributed by atoms with van der Waals surface area (Å²) in [6.45, 7) is 4.12. The van der Waals surface area contributed by atoms with Crippen molar-refractivity contribution >= 4 is 12.1 Å². The van der Waals surface area contributed by atoms with Gasteiger partial charge in [0, 0.05) is 31.6 Å². The van der Waals surface area contributed by atoms with Crippen LogP contribution in [0.2, 0.25) is 0 Å². The lowest BCUT2D eigenvalue weighted by atomic mass is 9.83. The van der Waals surface area contributed by atoms with E-state index >= 15 is 0 Å². The third-order valence-electron chi connectivity index (χ3n) is 5.36. The van der Waals surface area contributed by atoms with Gasteiger partial charge in [0.25, 0.3) is 0 Å². The molecule has 1 heterocycles. The lowest BCUT2D eigenvalue weighted by molar-refractivity contribution is 0.0957. The fourth-order valence-corrected chi connectivity index (χ4v) is 3.94. The highest BCUT2D eigenvalue weighted by atomic mass is 16.6. The Hall–Kier alpha value is -2.24. The number of benzene rings is 1. The minimum absolute atomic E-state index is 0.109. The second kappa shape index (κ2) is 8.92. The maximum absolute atomic E-state index is 12.3. The molecule has 0 radical (unpaired) electrons. The SMILES string of the molecule is CCOC(=O)N1CCC(NC(=O)NCC2CCCc3ccccc32)CC1. The molecular weight excluding hydrogens is 330 g/mol. The summed E-state index contributed by atoms with van der Waals surface area (Å²) in [6.07, 6.45) is 4.70. The molecule has 1 atom stereocenters. The fraction of sp³-hybridized carbons (Fsp3) is 0.600. The quantitative estimate of drug-likeness (QED) is 0.868. The van der Waals surface area contributed by atoms with Crippen LogP contribution in [0.4, 0.5) is 9.59 Å². The van der Waals surface area contributed by atoms with Crippen molar-refractivity contribution in [2.45, 2.75) is 51.0 Å². The molecule has 2 N–H and O–H groups in total. The van der Waals surface area contributed by atoms with Crippen LogP contribution in [0.3, 0.4) is 0 Å². The molecule has 1 aromatic rings. The number of nitrogens with zero attached hydrogens (tertiary/aromatic N) is 1. The monoisotopic (exact) mass is 359 g/mol. The zero-order chi connectivity index (χ0) is 18.4. The Bertz CT molecular complexity index is 626. The molecule has 1 unspecified atom stereocenters. The van der Waals surface area contributed by atoms with E-state index in [1.54, 1.807) is 11.8 Å². The molecule has 6 nitrogen and oxygen atoms in total. The van der Waals surface area contributed by atoms with Gasteiger partial charge >= 0.3 is 12.1 Å². The van der Waals surface area contributed by atoms with Crippen molar-refractivity contribution in [1.82, 2.24) is 15.5 Å². The number of piperidine rings is 1. The lowest BCUT2D eigenvalue weighted by Crippen LogP contribution is -2.49. The standard InChI is InChI=1S/C20H29N3O3/c1-2-26-20(25)23-12-10-17(11-13-23)22-19(24)21-14-16-8-5-7-15-6-3-4-9-18(15)16/h3-4,6,9,16-17H,2,5,7-8,10-14H2,1H3,(H2,21,22,24). The van der Waals surface area contributed by atoms with E-state index in [-0.39, 0.29) is 18.2 Å². The Morgan fingerprint density at radius 2 is 1.96 bits per heavy atom. The van der Waals surface area contributed by atoms with Crippen molar-refractivity contribution in [2.75, 3.05) is 26.2 Å². The van der Waals surface area contributed by atoms with Gasteiger partial charge in [0.1, 0.15) is 0 Å². The van der Waals surface area contributed by atoms with Crippen LogP contribution in [-0.4, -0.2) is 49.3 Å². The van der Waals surface area contributed by atoms with Crippen LogP contribution in [0.1, 0.15) is 49.7 Å². The second-order valence-corrected chi connectivity index (χ2v) is 7.10. The van der Waals surface area contributed by atoms with Gasteiger partial charge in [0.05, 0.1) is 6.61 Å². The highest BCUT2D eigenvalue weighted by Crippen LogP contribution is 2.30. The second-order valence-electron chi connectivity index (χ2n) is 7.10. The first kappa shape index (κ1) is 18.5. The molecule has 0 bridgehead atoms. The molecule has 2 aliphatic rings. The zero-order valence-corrected chi connectivity index (χ0v) is 15.5. The number of likely N-dealkylation sites (tertiary alicyclic amines) is 1. The van der Waals surface area contributed by atoms with Crippen molar-refractivity contribution in [1.29, 1.82) is 0 Å². The number of hydrogen-bond acceptors (Lipinski definition) is 3. The van der Waals surface area contributed by atoms with Gasteiger partial charge in [-0.15, -0.1) is 0 Å². The van der Waals surface area contributed by atoms with Crippen molar-refractivity contribution in [3.63, 3.8) is 0 Å². The van der Waals surface area contributed by atoms with Crippen molar-refractivity contribution < 1.29 is 14.3 Å². The van der Waals surface area contributed by atoms with Gasteiger partial charge in [0.2, 0.25) is 0 Å². The molecular formula is C20H29N3O3. The normalized spacial score (nSPS) is 20.2. The predicted octanol–water partition coefficient (Wildman–Crippen LogP) is 3.03. The minimum atomic E-state index is -0.258. The molecule has 1 saturated heterocycles. The van der Waals surface area contributed by atoms with Gasteiger partial charge in [-0.2, -0.15) is 0 Å². The number of carbonyl (C=O) groups excluding carboxylic acids is 2. The van der Waals surface area contributed by atoms with Crippen molar-refractivity contribution in [3.8, 4) is 0 Å². The Kier molecular flexibility index (Phi) is 6.36. The van der Waals surface area contributed by atoms with E-state index in [4.69, 9.17) is 4.74 Å². The van der Waals surface area contributed by atoms with Crippen LogP contribution >= 0.6 is 0 Å².